The van der Waals surface area contributed by atoms with Crippen LogP contribution in [0.1, 0.15) is 18.0 Å². The van der Waals surface area contributed by atoms with Crippen LogP contribution in [-0.4, -0.2) is 28.9 Å². The quantitative estimate of drug-likeness (QED) is 0.876. The molecule has 0 aliphatic carbocycles. The zero-order valence-corrected chi connectivity index (χ0v) is 10.0. The number of hydrogen-bond acceptors (Lipinski definition) is 2. The lowest BCUT2D eigenvalue weighted by molar-refractivity contribution is -0.142. The van der Waals surface area contributed by atoms with Crippen molar-refractivity contribution in [2.24, 2.45) is 5.92 Å². The van der Waals surface area contributed by atoms with Crippen molar-refractivity contribution < 1.29 is 14.7 Å². The molecule has 1 heterocycles. The minimum Gasteiger partial charge on any atom is -0.481 e. The van der Waals surface area contributed by atoms with Crippen LogP contribution < -0.4 is 0 Å². The Morgan fingerprint density at radius 2 is 2.24 bits per heavy atom. The van der Waals surface area contributed by atoms with Crippen LogP contribution in [0.15, 0.2) is 24.3 Å². The predicted molar refractivity (Wildman–Crippen MR) is 62.7 cm³/mol. The predicted octanol–water partition coefficient (Wildman–Crippen LogP) is 1.94. The number of carbonyl (C=O) groups is 2. The molecule has 1 aliphatic rings. The van der Waals surface area contributed by atoms with Crippen LogP contribution in [0.2, 0.25) is 5.02 Å². The van der Waals surface area contributed by atoms with Gasteiger partial charge in [0.05, 0.1) is 12.0 Å². The molecule has 17 heavy (non-hydrogen) atoms. The third kappa shape index (κ3) is 2.13. The van der Waals surface area contributed by atoms with Gasteiger partial charge in [-0.3, -0.25) is 9.59 Å². The van der Waals surface area contributed by atoms with E-state index in [9.17, 15) is 9.59 Å². The normalized spacial score (nSPS) is 24.1. The van der Waals surface area contributed by atoms with Crippen LogP contribution in [0.25, 0.3) is 0 Å². The third-order valence-electron chi connectivity index (χ3n) is 3.09. The van der Waals surface area contributed by atoms with Crippen LogP contribution in [0.4, 0.5) is 0 Å². The monoisotopic (exact) mass is 253 g/mol. The minimum absolute atomic E-state index is 0.0447. The highest BCUT2D eigenvalue weighted by Crippen LogP contribution is 2.37. The van der Waals surface area contributed by atoms with Crippen LogP contribution in [0.5, 0.6) is 0 Å². The van der Waals surface area contributed by atoms with E-state index in [1.54, 1.807) is 31.3 Å². The average Bonchev–Trinajstić information content (AvgIpc) is 2.56. The van der Waals surface area contributed by atoms with Crippen molar-refractivity contribution in [3.63, 3.8) is 0 Å². The summed E-state index contributed by atoms with van der Waals surface area (Å²) in [5, 5.41) is 9.68. The number of amides is 1. The van der Waals surface area contributed by atoms with Gasteiger partial charge in [-0.25, -0.2) is 0 Å². The van der Waals surface area contributed by atoms with E-state index in [1.807, 2.05) is 0 Å². The highest BCUT2D eigenvalue weighted by molar-refractivity contribution is 6.30. The number of nitrogens with zero attached hydrogens (tertiary/aromatic N) is 1. The third-order valence-corrected chi connectivity index (χ3v) is 3.33. The van der Waals surface area contributed by atoms with Crippen molar-refractivity contribution in [1.82, 2.24) is 4.90 Å². The molecule has 1 saturated heterocycles. The van der Waals surface area contributed by atoms with Crippen molar-refractivity contribution in [1.29, 1.82) is 0 Å². The van der Waals surface area contributed by atoms with E-state index >= 15 is 0 Å². The molecule has 90 valence electrons. The summed E-state index contributed by atoms with van der Waals surface area (Å²) in [6.45, 7) is 0. The summed E-state index contributed by atoms with van der Waals surface area (Å²) in [4.78, 5) is 24.2. The molecule has 1 N–H and O–H groups in total. The number of aliphatic carboxylic acids is 1. The molecule has 0 saturated carbocycles. The van der Waals surface area contributed by atoms with Crippen LogP contribution in [0.3, 0.4) is 0 Å². The zero-order chi connectivity index (χ0) is 12.6. The summed E-state index contributed by atoms with van der Waals surface area (Å²) < 4.78 is 0. The Labute approximate surface area is 104 Å². The average molecular weight is 254 g/mol. The molecule has 0 bridgehead atoms. The van der Waals surface area contributed by atoms with Gasteiger partial charge in [0.1, 0.15) is 0 Å². The molecule has 2 rings (SSSR count). The summed E-state index contributed by atoms with van der Waals surface area (Å²) >= 11 is 5.88. The number of carbonyl (C=O) groups excluding carboxylic acids is 1. The number of rotatable bonds is 2. The van der Waals surface area contributed by atoms with E-state index < -0.39 is 17.9 Å². The molecule has 5 heteroatoms. The number of carboxylic acid groups (broad SMARTS) is 1. The Morgan fingerprint density at radius 3 is 2.82 bits per heavy atom. The molecule has 4 nitrogen and oxygen atoms in total. The molecule has 0 spiro atoms. The highest BCUT2D eigenvalue weighted by Gasteiger charge is 2.42. The van der Waals surface area contributed by atoms with Crippen molar-refractivity contribution in [2.45, 2.75) is 12.5 Å². The molecule has 1 fully saturated rings. The van der Waals surface area contributed by atoms with E-state index in [0.717, 1.165) is 5.56 Å². The van der Waals surface area contributed by atoms with E-state index in [0.29, 0.717) is 5.02 Å². The minimum atomic E-state index is -0.951. The zero-order valence-electron chi connectivity index (χ0n) is 9.26. The van der Waals surface area contributed by atoms with Gasteiger partial charge < -0.3 is 10.0 Å². The Balaban J connectivity index is 2.40. The standard InChI is InChI=1S/C12H12ClNO3/c1-14-10(15)6-9(12(16)17)11(14)7-3-2-4-8(13)5-7/h2-5,9,11H,6H2,1H3,(H,16,17)/t9-,11+/m1/s1. The van der Waals surface area contributed by atoms with Gasteiger partial charge >= 0.3 is 5.97 Å². The largest absolute Gasteiger partial charge is 0.481 e. The second-order valence-electron chi connectivity index (χ2n) is 4.15. The van der Waals surface area contributed by atoms with E-state index in [4.69, 9.17) is 16.7 Å². The molecule has 1 amide bonds. The summed E-state index contributed by atoms with van der Waals surface area (Å²) in [5.41, 5.74) is 0.762. The van der Waals surface area contributed by atoms with Crippen LogP contribution in [0, 0.1) is 5.92 Å². The van der Waals surface area contributed by atoms with Crippen molar-refractivity contribution in [2.75, 3.05) is 7.05 Å². The second-order valence-corrected chi connectivity index (χ2v) is 4.59. The van der Waals surface area contributed by atoms with Crippen LogP contribution in [-0.2, 0) is 9.59 Å². The molecule has 2 atom stereocenters. The first-order valence-electron chi connectivity index (χ1n) is 5.24. The molecule has 1 aromatic rings. The summed E-state index contributed by atoms with van der Waals surface area (Å²) in [6, 6.07) is 6.54. The lowest BCUT2D eigenvalue weighted by Crippen LogP contribution is -2.26. The Kier molecular flexibility index (Phi) is 3.07. The summed E-state index contributed by atoms with van der Waals surface area (Å²) in [7, 11) is 1.62. The SMILES string of the molecule is CN1C(=O)C[C@@H](C(=O)O)[C@@H]1c1cccc(Cl)c1. The molecular weight excluding hydrogens is 242 g/mol. The van der Waals surface area contributed by atoms with Gasteiger partial charge in [0, 0.05) is 18.5 Å². The maximum Gasteiger partial charge on any atom is 0.309 e. The van der Waals surface area contributed by atoms with Gasteiger partial charge in [-0.05, 0) is 17.7 Å². The molecule has 1 aromatic carbocycles. The van der Waals surface area contributed by atoms with Crippen LogP contribution >= 0.6 is 11.6 Å². The van der Waals surface area contributed by atoms with Gasteiger partial charge in [-0.15, -0.1) is 0 Å². The fourth-order valence-corrected chi connectivity index (χ4v) is 2.44. The first kappa shape index (κ1) is 11.9. The Morgan fingerprint density at radius 1 is 1.53 bits per heavy atom. The van der Waals surface area contributed by atoms with Crippen molar-refractivity contribution >= 4 is 23.5 Å². The first-order chi connectivity index (χ1) is 8.00. The Hall–Kier alpha value is -1.55. The first-order valence-corrected chi connectivity index (χ1v) is 5.62. The highest BCUT2D eigenvalue weighted by atomic mass is 35.5. The fourth-order valence-electron chi connectivity index (χ4n) is 2.24. The summed E-state index contributed by atoms with van der Waals surface area (Å²) in [6.07, 6.45) is 0.0447. The van der Waals surface area contributed by atoms with Gasteiger partial charge in [-0.1, -0.05) is 23.7 Å². The van der Waals surface area contributed by atoms with Crippen molar-refractivity contribution in [3.05, 3.63) is 34.9 Å². The lowest BCUT2D eigenvalue weighted by Gasteiger charge is -2.23. The van der Waals surface area contributed by atoms with E-state index in [1.165, 1.54) is 4.90 Å². The molecular formula is C12H12ClNO3. The number of halogens is 1. The molecule has 0 unspecified atom stereocenters. The van der Waals surface area contributed by atoms with Gasteiger partial charge in [-0.2, -0.15) is 0 Å². The van der Waals surface area contributed by atoms with Gasteiger partial charge in [0.2, 0.25) is 5.91 Å². The fraction of sp³-hybridized carbons (Fsp3) is 0.333. The summed E-state index contributed by atoms with van der Waals surface area (Å²) in [5.74, 6) is -1.80. The number of hydrogen-bond donors (Lipinski definition) is 1. The van der Waals surface area contributed by atoms with Gasteiger partial charge in [0.25, 0.3) is 0 Å². The number of benzene rings is 1. The molecule has 0 radical (unpaired) electrons. The maximum absolute atomic E-state index is 11.6. The number of carboxylic acids is 1. The Bertz CT molecular complexity index is 475. The lowest BCUT2D eigenvalue weighted by atomic mass is 9.94. The van der Waals surface area contributed by atoms with Gasteiger partial charge in [0.15, 0.2) is 0 Å². The van der Waals surface area contributed by atoms with E-state index in [-0.39, 0.29) is 12.3 Å². The maximum atomic E-state index is 11.6. The smallest absolute Gasteiger partial charge is 0.309 e. The molecule has 1 aliphatic heterocycles. The van der Waals surface area contributed by atoms with E-state index in [2.05, 4.69) is 0 Å². The topological polar surface area (TPSA) is 57.6 Å². The second kappa shape index (κ2) is 4.37. The van der Waals surface area contributed by atoms with Crippen molar-refractivity contribution in [3.8, 4) is 0 Å². The molecule has 0 aromatic heterocycles. The number of likely N-dealkylation sites (tertiary alicyclic amines) is 1.